The highest BCUT2D eigenvalue weighted by Gasteiger charge is 2.10. The summed E-state index contributed by atoms with van der Waals surface area (Å²) in [6.45, 7) is 0.0875. The zero-order valence-electron chi connectivity index (χ0n) is 10.5. The lowest BCUT2D eigenvalue weighted by atomic mass is 9.93. The molecule has 3 aromatic carbocycles. The average molecular weight is 250 g/mol. The van der Waals surface area contributed by atoms with Crippen molar-refractivity contribution in [3.8, 4) is 0 Å². The van der Waals surface area contributed by atoms with Crippen LogP contribution in [0.5, 0.6) is 0 Å². The van der Waals surface area contributed by atoms with E-state index < -0.39 is 0 Å². The van der Waals surface area contributed by atoms with Crippen LogP contribution in [-0.2, 0) is 6.42 Å². The average Bonchev–Trinajstić information content (AvgIpc) is 2.45. The SMILES string of the molecule is O=Cc1c2ccccc2cc2cccc(CCO)c12. The van der Waals surface area contributed by atoms with Crippen LogP contribution in [0.15, 0.2) is 48.5 Å². The van der Waals surface area contributed by atoms with Gasteiger partial charge in [-0.3, -0.25) is 4.79 Å². The summed E-state index contributed by atoms with van der Waals surface area (Å²) in [5.41, 5.74) is 1.74. The summed E-state index contributed by atoms with van der Waals surface area (Å²) in [7, 11) is 0. The Bertz CT molecular complexity index is 760. The molecule has 0 saturated carbocycles. The van der Waals surface area contributed by atoms with Gasteiger partial charge in [0.2, 0.25) is 0 Å². The molecule has 94 valence electrons. The Balaban J connectivity index is 2.49. The Kier molecular flexibility index (Phi) is 3.02. The number of rotatable bonds is 3. The van der Waals surface area contributed by atoms with Crippen LogP contribution < -0.4 is 0 Å². The molecule has 3 rings (SSSR count). The van der Waals surface area contributed by atoms with Crippen LogP contribution in [-0.4, -0.2) is 18.0 Å². The lowest BCUT2D eigenvalue weighted by Crippen LogP contribution is -1.96. The first kappa shape index (κ1) is 11.9. The number of aliphatic hydroxyl groups excluding tert-OH is 1. The van der Waals surface area contributed by atoms with Crippen LogP contribution in [0.3, 0.4) is 0 Å². The third-order valence-corrected chi connectivity index (χ3v) is 3.51. The van der Waals surface area contributed by atoms with E-state index in [1.54, 1.807) is 0 Å². The van der Waals surface area contributed by atoms with Crippen LogP contribution >= 0.6 is 0 Å². The zero-order chi connectivity index (χ0) is 13.2. The number of carbonyl (C=O) groups excluding carboxylic acids is 1. The fraction of sp³-hybridized carbons (Fsp3) is 0.118. The molecule has 0 unspecified atom stereocenters. The molecule has 2 nitrogen and oxygen atoms in total. The van der Waals surface area contributed by atoms with Crippen molar-refractivity contribution in [3.63, 3.8) is 0 Å². The lowest BCUT2D eigenvalue weighted by Gasteiger charge is -2.11. The first-order valence-corrected chi connectivity index (χ1v) is 6.34. The van der Waals surface area contributed by atoms with Gasteiger partial charge in [0.25, 0.3) is 0 Å². The van der Waals surface area contributed by atoms with E-state index in [4.69, 9.17) is 5.11 Å². The molecule has 0 saturated heterocycles. The van der Waals surface area contributed by atoms with Gasteiger partial charge in [-0.1, -0.05) is 42.5 Å². The molecule has 0 heterocycles. The maximum atomic E-state index is 11.5. The minimum Gasteiger partial charge on any atom is -0.396 e. The molecule has 2 heteroatoms. The van der Waals surface area contributed by atoms with Gasteiger partial charge in [0, 0.05) is 12.2 Å². The number of benzene rings is 3. The topological polar surface area (TPSA) is 37.3 Å². The highest BCUT2D eigenvalue weighted by Crippen LogP contribution is 2.30. The number of carbonyl (C=O) groups is 1. The highest BCUT2D eigenvalue weighted by molar-refractivity contribution is 6.13. The molecule has 0 fully saturated rings. The molecule has 3 aromatic rings. The van der Waals surface area contributed by atoms with Crippen LogP contribution in [0.2, 0.25) is 0 Å². The Morgan fingerprint density at radius 3 is 2.58 bits per heavy atom. The van der Waals surface area contributed by atoms with Crippen molar-refractivity contribution in [2.45, 2.75) is 6.42 Å². The van der Waals surface area contributed by atoms with Gasteiger partial charge in [-0.15, -0.1) is 0 Å². The molecule has 0 radical (unpaired) electrons. The second-order valence-electron chi connectivity index (χ2n) is 4.62. The Morgan fingerprint density at radius 2 is 1.79 bits per heavy atom. The summed E-state index contributed by atoms with van der Waals surface area (Å²) in [6, 6.07) is 15.9. The third-order valence-electron chi connectivity index (χ3n) is 3.51. The van der Waals surface area contributed by atoms with Gasteiger partial charge in [0.15, 0.2) is 6.29 Å². The number of hydrogen-bond donors (Lipinski definition) is 1. The van der Waals surface area contributed by atoms with E-state index in [-0.39, 0.29) is 6.61 Å². The minimum absolute atomic E-state index is 0.0875. The van der Waals surface area contributed by atoms with E-state index in [9.17, 15) is 4.79 Å². The van der Waals surface area contributed by atoms with Crippen LogP contribution in [0.25, 0.3) is 21.5 Å². The van der Waals surface area contributed by atoms with E-state index in [2.05, 4.69) is 6.07 Å². The maximum absolute atomic E-state index is 11.5. The summed E-state index contributed by atoms with van der Waals surface area (Å²) in [6.07, 6.45) is 1.49. The molecule has 0 aliphatic carbocycles. The minimum atomic E-state index is 0.0875. The number of hydrogen-bond acceptors (Lipinski definition) is 2. The van der Waals surface area contributed by atoms with Gasteiger partial charge < -0.3 is 5.11 Å². The molecule has 0 aliphatic heterocycles. The summed E-state index contributed by atoms with van der Waals surface area (Å²) in [5.74, 6) is 0. The van der Waals surface area contributed by atoms with Crippen LogP contribution in [0.4, 0.5) is 0 Å². The van der Waals surface area contributed by atoms with Gasteiger partial charge >= 0.3 is 0 Å². The second kappa shape index (κ2) is 4.82. The molecule has 0 aliphatic rings. The second-order valence-corrected chi connectivity index (χ2v) is 4.62. The van der Waals surface area contributed by atoms with E-state index >= 15 is 0 Å². The molecule has 1 N–H and O–H groups in total. The van der Waals surface area contributed by atoms with Crippen molar-refractivity contribution in [2.75, 3.05) is 6.61 Å². The number of fused-ring (bicyclic) bond motifs is 2. The third kappa shape index (κ3) is 1.90. The van der Waals surface area contributed by atoms with Crippen molar-refractivity contribution < 1.29 is 9.90 Å². The molecule has 0 amide bonds. The van der Waals surface area contributed by atoms with Gasteiger partial charge in [-0.25, -0.2) is 0 Å². The standard InChI is InChI=1S/C17H14O2/c18-9-8-12-5-3-6-14-10-13-4-1-2-7-15(13)16(11-19)17(12)14/h1-7,10-11,18H,8-9H2. The summed E-state index contributed by atoms with van der Waals surface area (Å²) in [4.78, 5) is 11.5. The van der Waals surface area contributed by atoms with E-state index in [0.717, 1.165) is 39.0 Å². The Hall–Kier alpha value is -2.19. The van der Waals surface area contributed by atoms with E-state index in [0.29, 0.717) is 6.42 Å². The summed E-state index contributed by atoms with van der Waals surface area (Å²) in [5, 5.41) is 13.2. The molecular weight excluding hydrogens is 236 g/mol. The van der Waals surface area contributed by atoms with Gasteiger partial charge in [-0.2, -0.15) is 0 Å². The largest absolute Gasteiger partial charge is 0.396 e. The zero-order valence-corrected chi connectivity index (χ0v) is 10.5. The molecule has 19 heavy (non-hydrogen) atoms. The van der Waals surface area contributed by atoms with Crippen molar-refractivity contribution >= 4 is 27.8 Å². The molecule has 0 bridgehead atoms. The number of aliphatic hydroxyl groups is 1. The first-order valence-electron chi connectivity index (χ1n) is 6.34. The predicted molar refractivity (Wildman–Crippen MR) is 77.6 cm³/mol. The quantitative estimate of drug-likeness (QED) is 0.572. The van der Waals surface area contributed by atoms with E-state index in [1.165, 1.54) is 0 Å². The summed E-state index contributed by atoms with van der Waals surface area (Å²) >= 11 is 0. The smallest absolute Gasteiger partial charge is 0.151 e. The van der Waals surface area contributed by atoms with Gasteiger partial charge in [-0.05, 0) is 39.6 Å². The molecule has 0 atom stereocenters. The fourth-order valence-electron chi connectivity index (χ4n) is 2.69. The van der Waals surface area contributed by atoms with Crippen LogP contribution in [0, 0.1) is 0 Å². The summed E-state index contributed by atoms with van der Waals surface area (Å²) < 4.78 is 0. The molecule has 0 spiro atoms. The van der Waals surface area contributed by atoms with Crippen molar-refractivity contribution in [2.24, 2.45) is 0 Å². The maximum Gasteiger partial charge on any atom is 0.151 e. The van der Waals surface area contributed by atoms with Gasteiger partial charge in [0.05, 0.1) is 0 Å². The van der Waals surface area contributed by atoms with Crippen LogP contribution in [0.1, 0.15) is 15.9 Å². The molecule has 0 aromatic heterocycles. The monoisotopic (exact) mass is 250 g/mol. The first-order chi connectivity index (χ1) is 9.35. The van der Waals surface area contributed by atoms with E-state index in [1.807, 2.05) is 42.5 Å². The molecular formula is C17H14O2. The Labute approximate surface area is 111 Å². The van der Waals surface area contributed by atoms with Crippen molar-refractivity contribution in [1.82, 2.24) is 0 Å². The lowest BCUT2D eigenvalue weighted by molar-refractivity contribution is 0.112. The fourth-order valence-corrected chi connectivity index (χ4v) is 2.69. The van der Waals surface area contributed by atoms with Gasteiger partial charge in [0.1, 0.15) is 0 Å². The van der Waals surface area contributed by atoms with Crippen molar-refractivity contribution in [3.05, 3.63) is 59.7 Å². The highest BCUT2D eigenvalue weighted by atomic mass is 16.2. The Morgan fingerprint density at radius 1 is 1.00 bits per heavy atom. The number of aldehydes is 1. The predicted octanol–water partition coefficient (Wildman–Crippen LogP) is 3.34. The normalized spacial score (nSPS) is 11.0. The van der Waals surface area contributed by atoms with Crippen molar-refractivity contribution in [1.29, 1.82) is 0 Å².